The van der Waals surface area contributed by atoms with Crippen LogP contribution in [0.5, 0.6) is 0 Å². The quantitative estimate of drug-likeness (QED) is 0.759. The van der Waals surface area contributed by atoms with Gasteiger partial charge in [0.2, 0.25) is 11.7 Å². The lowest BCUT2D eigenvalue weighted by Gasteiger charge is -2.31. The zero-order chi connectivity index (χ0) is 18.8. The number of likely N-dealkylation sites (tertiary alicyclic amines) is 1. The lowest BCUT2D eigenvalue weighted by atomic mass is 9.94. The molecule has 0 unspecified atom stereocenters. The van der Waals surface area contributed by atoms with Crippen LogP contribution < -0.4 is 10.6 Å². The summed E-state index contributed by atoms with van der Waals surface area (Å²) in [4.78, 5) is 25.7. The Morgan fingerprint density at radius 1 is 1.35 bits per heavy atom. The van der Waals surface area contributed by atoms with Crippen LogP contribution in [0.25, 0.3) is 0 Å². The first kappa shape index (κ1) is 18.5. The largest absolute Gasteiger partial charge is 0.467 e. The van der Waals surface area contributed by atoms with Gasteiger partial charge in [-0.25, -0.2) is 0 Å². The number of ketones is 1. The molecule has 1 atom stereocenters. The average Bonchev–Trinajstić information content (AvgIpc) is 3.24. The highest BCUT2D eigenvalue weighted by atomic mass is 16.3. The first-order chi connectivity index (χ1) is 12.4. The second-order valence-corrected chi connectivity index (χ2v) is 7.37. The molecule has 26 heavy (non-hydrogen) atoms. The Hall–Kier alpha value is -2.34. The number of rotatable bonds is 6. The minimum atomic E-state index is -0.218. The number of nitrogens with two attached hydrogens (primary N) is 1. The summed E-state index contributed by atoms with van der Waals surface area (Å²) in [6.45, 7) is 8.24. The van der Waals surface area contributed by atoms with E-state index in [4.69, 9.17) is 10.2 Å². The molecule has 2 aromatic heterocycles. The first-order valence-corrected chi connectivity index (χ1v) is 9.25. The molecule has 1 amide bonds. The molecule has 0 spiro atoms. The lowest BCUT2D eigenvalue weighted by Crippen LogP contribution is -3.17. The van der Waals surface area contributed by atoms with E-state index in [0.717, 1.165) is 48.6 Å². The Balaban J connectivity index is 1.72. The van der Waals surface area contributed by atoms with Crippen molar-refractivity contribution in [3.05, 3.63) is 47.2 Å². The van der Waals surface area contributed by atoms with Crippen LogP contribution in [-0.2, 0) is 11.3 Å². The van der Waals surface area contributed by atoms with E-state index in [1.165, 1.54) is 4.90 Å². The normalized spacial score (nSPS) is 21.5. The summed E-state index contributed by atoms with van der Waals surface area (Å²) < 4.78 is 7.56. The maximum atomic E-state index is 13.1. The third-order valence-electron chi connectivity index (χ3n) is 5.77. The molecule has 1 aliphatic heterocycles. The highest BCUT2D eigenvalue weighted by molar-refractivity contribution is 6.00. The molecule has 3 heterocycles. The molecule has 1 fully saturated rings. The van der Waals surface area contributed by atoms with Crippen LogP contribution in [0.1, 0.15) is 47.3 Å². The highest BCUT2D eigenvalue weighted by Gasteiger charge is 2.33. The van der Waals surface area contributed by atoms with Gasteiger partial charge in [0.25, 0.3) is 0 Å². The van der Waals surface area contributed by atoms with Gasteiger partial charge in [-0.3, -0.25) is 9.59 Å². The summed E-state index contributed by atoms with van der Waals surface area (Å²) in [5, 5.41) is 0. The van der Waals surface area contributed by atoms with E-state index in [0.29, 0.717) is 6.54 Å². The topological polar surface area (TPSA) is 82.7 Å². The predicted octanol–water partition coefficient (Wildman–Crippen LogP) is 1.10. The van der Waals surface area contributed by atoms with E-state index < -0.39 is 0 Å². The summed E-state index contributed by atoms with van der Waals surface area (Å²) in [5.41, 5.74) is 8.22. The van der Waals surface area contributed by atoms with Crippen molar-refractivity contribution in [1.82, 2.24) is 4.57 Å². The van der Waals surface area contributed by atoms with E-state index in [2.05, 4.69) is 4.57 Å². The number of primary amides is 1. The number of carbonyl (C=O) groups excluding carboxylic acids is 2. The van der Waals surface area contributed by atoms with Crippen LogP contribution in [0, 0.1) is 19.8 Å². The van der Waals surface area contributed by atoms with Crippen molar-refractivity contribution >= 4 is 11.7 Å². The van der Waals surface area contributed by atoms with Gasteiger partial charge in [-0.2, -0.15) is 0 Å². The van der Waals surface area contributed by atoms with Crippen LogP contribution in [0.3, 0.4) is 0 Å². The maximum Gasteiger partial charge on any atom is 0.221 e. The summed E-state index contributed by atoms with van der Waals surface area (Å²) in [6.07, 6.45) is 3.19. The van der Waals surface area contributed by atoms with Gasteiger partial charge >= 0.3 is 0 Å². The molecule has 0 aromatic carbocycles. The number of carbonyl (C=O) groups is 2. The zero-order valence-corrected chi connectivity index (χ0v) is 15.7. The summed E-state index contributed by atoms with van der Waals surface area (Å²) in [6, 6.07) is 5.67. The van der Waals surface area contributed by atoms with Gasteiger partial charge in [0.1, 0.15) is 11.8 Å². The molecule has 3 rings (SSSR count). The van der Waals surface area contributed by atoms with Crippen molar-refractivity contribution < 1.29 is 18.9 Å². The number of Topliss-reactive ketones (excluding diaryl/α,β-unsaturated/α-hetero) is 1. The Bertz CT molecular complexity index is 784. The number of piperidine rings is 1. The van der Waals surface area contributed by atoms with Crippen molar-refractivity contribution in [1.29, 1.82) is 0 Å². The van der Waals surface area contributed by atoms with Crippen LogP contribution in [0.2, 0.25) is 0 Å². The molecule has 0 aliphatic carbocycles. The molecule has 6 nitrogen and oxygen atoms in total. The molecule has 1 saturated heterocycles. The highest BCUT2D eigenvalue weighted by Crippen LogP contribution is 2.19. The number of quaternary nitrogens is 1. The van der Waals surface area contributed by atoms with Crippen LogP contribution in [0.4, 0.5) is 0 Å². The maximum absolute atomic E-state index is 13.1. The monoisotopic (exact) mass is 358 g/mol. The number of aromatic nitrogens is 1. The van der Waals surface area contributed by atoms with E-state index in [1.54, 1.807) is 6.26 Å². The number of nitrogens with zero attached hydrogens (tertiary/aromatic N) is 1. The number of amides is 1. The van der Waals surface area contributed by atoms with Crippen molar-refractivity contribution in [3.8, 4) is 0 Å². The number of furan rings is 1. The molecule has 140 valence electrons. The predicted molar refractivity (Wildman–Crippen MR) is 98.1 cm³/mol. The summed E-state index contributed by atoms with van der Waals surface area (Å²) in [7, 11) is 0. The first-order valence-electron chi connectivity index (χ1n) is 9.25. The zero-order valence-electron chi connectivity index (χ0n) is 15.7. The average molecular weight is 358 g/mol. The molecule has 3 N–H and O–H groups in total. The number of nitrogens with one attached hydrogen (secondary N) is 1. The van der Waals surface area contributed by atoms with E-state index in [1.807, 2.05) is 39.0 Å². The van der Waals surface area contributed by atoms with Crippen molar-refractivity contribution in [2.45, 2.75) is 46.2 Å². The second kappa shape index (κ2) is 7.50. The van der Waals surface area contributed by atoms with Crippen molar-refractivity contribution in [3.63, 3.8) is 0 Å². The van der Waals surface area contributed by atoms with Gasteiger partial charge in [-0.15, -0.1) is 0 Å². The Labute approximate surface area is 153 Å². The number of hydrogen-bond donors (Lipinski definition) is 2. The fourth-order valence-electron chi connectivity index (χ4n) is 3.98. The summed E-state index contributed by atoms with van der Waals surface area (Å²) >= 11 is 0. The van der Waals surface area contributed by atoms with Gasteiger partial charge in [0, 0.05) is 35.7 Å². The van der Waals surface area contributed by atoms with Crippen LogP contribution in [0.15, 0.2) is 28.9 Å². The third kappa shape index (κ3) is 3.60. The number of hydrogen-bond acceptors (Lipinski definition) is 3. The van der Waals surface area contributed by atoms with Gasteiger partial charge in [-0.1, -0.05) is 0 Å². The number of aryl methyl sites for hydroxylation is 1. The van der Waals surface area contributed by atoms with E-state index in [-0.39, 0.29) is 23.7 Å². The second-order valence-electron chi connectivity index (χ2n) is 7.37. The van der Waals surface area contributed by atoms with Gasteiger partial charge in [0.05, 0.1) is 25.9 Å². The Morgan fingerprint density at radius 2 is 2.04 bits per heavy atom. The standard InChI is InChI=1S/C20H27N3O3/c1-13-11-18(14(2)23(13)12-17-5-4-10-26-17)19(24)15(3)22-8-6-16(7-9-22)20(21)25/h4-5,10-11,15-16H,6-9,12H2,1-3H3,(H2,21,25)/p+1/t15-/m0/s1. The van der Waals surface area contributed by atoms with Crippen molar-refractivity contribution in [2.75, 3.05) is 13.1 Å². The lowest BCUT2D eigenvalue weighted by molar-refractivity contribution is -0.919. The molecule has 2 aromatic rings. The molecule has 0 radical (unpaired) electrons. The molecule has 1 aliphatic rings. The van der Waals surface area contributed by atoms with Crippen molar-refractivity contribution in [2.24, 2.45) is 11.7 Å². The summed E-state index contributed by atoms with van der Waals surface area (Å²) in [5.74, 6) is 0.776. The van der Waals surface area contributed by atoms with Crippen LogP contribution >= 0.6 is 0 Å². The molecular weight excluding hydrogens is 330 g/mol. The van der Waals surface area contributed by atoms with Gasteiger partial charge in [-0.05, 0) is 39.0 Å². The Kier molecular flexibility index (Phi) is 5.32. The molecule has 6 heteroatoms. The molecule has 0 bridgehead atoms. The van der Waals surface area contributed by atoms with Gasteiger partial charge < -0.3 is 19.6 Å². The fraction of sp³-hybridized carbons (Fsp3) is 0.500. The fourth-order valence-corrected chi connectivity index (χ4v) is 3.98. The SMILES string of the molecule is Cc1cc(C(=O)[C@H](C)[NH+]2CCC(C(N)=O)CC2)c(C)n1Cc1ccco1. The third-order valence-corrected chi connectivity index (χ3v) is 5.77. The van der Waals surface area contributed by atoms with E-state index in [9.17, 15) is 9.59 Å². The molecule has 0 saturated carbocycles. The minimum absolute atomic E-state index is 0.0422. The molecular formula is C20H28N3O3+. The van der Waals surface area contributed by atoms with E-state index >= 15 is 0 Å². The smallest absolute Gasteiger partial charge is 0.221 e. The van der Waals surface area contributed by atoms with Gasteiger partial charge in [0.15, 0.2) is 0 Å². The van der Waals surface area contributed by atoms with Crippen LogP contribution in [-0.4, -0.2) is 35.4 Å². The Morgan fingerprint density at radius 3 is 2.62 bits per heavy atom. The minimum Gasteiger partial charge on any atom is -0.467 e.